The second kappa shape index (κ2) is 12.6. The average molecular weight is 565 g/mol. The van der Waals surface area contributed by atoms with Crippen molar-refractivity contribution >= 4 is 51.5 Å². The minimum Gasteiger partial charge on any atom is -0.489 e. The van der Waals surface area contributed by atoms with E-state index in [-0.39, 0.29) is 41.3 Å². The number of pyridine rings is 1. The van der Waals surface area contributed by atoms with Crippen LogP contribution >= 0.6 is 23.2 Å². The Morgan fingerprint density at radius 2 is 2.00 bits per heavy atom. The number of rotatable bonds is 10. The number of benzene rings is 1. The number of amides is 1. The van der Waals surface area contributed by atoms with E-state index in [1.54, 1.807) is 25.2 Å². The molecule has 1 aromatic carbocycles. The van der Waals surface area contributed by atoms with E-state index in [0.717, 1.165) is 19.5 Å². The quantitative estimate of drug-likeness (QED) is 0.251. The molecule has 3 heterocycles. The zero-order valence-electron chi connectivity index (χ0n) is 21.3. The number of hydrogen-bond donors (Lipinski definition) is 3. The zero-order valence-corrected chi connectivity index (χ0v) is 22.9. The molecule has 1 amide bonds. The summed E-state index contributed by atoms with van der Waals surface area (Å²) in [6, 6.07) is 5.09. The number of carbonyl (C=O) groups is 1. The Morgan fingerprint density at radius 1 is 1.18 bits per heavy atom. The van der Waals surface area contributed by atoms with Crippen molar-refractivity contribution < 1.29 is 19.0 Å². The van der Waals surface area contributed by atoms with E-state index >= 15 is 0 Å². The molecule has 0 spiro atoms. The summed E-state index contributed by atoms with van der Waals surface area (Å²) in [5, 5.41) is 9.89. The van der Waals surface area contributed by atoms with Gasteiger partial charge in [0.15, 0.2) is 18.2 Å². The van der Waals surface area contributed by atoms with Crippen LogP contribution in [0.3, 0.4) is 0 Å². The minimum absolute atomic E-state index is 0.0251. The third-order valence-electron chi connectivity index (χ3n) is 6.08. The van der Waals surface area contributed by atoms with Crippen molar-refractivity contribution in [2.75, 3.05) is 45.3 Å². The maximum absolute atomic E-state index is 13.0. The molecule has 2 atom stereocenters. The lowest BCUT2D eigenvalue weighted by Gasteiger charge is -2.27. The van der Waals surface area contributed by atoms with Gasteiger partial charge in [0.1, 0.15) is 17.4 Å². The van der Waals surface area contributed by atoms with E-state index in [2.05, 4.69) is 32.8 Å². The van der Waals surface area contributed by atoms with Crippen LogP contribution in [0.4, 0.5) is 11.5 Å². The van der Waals surface area contributed by atoms with E-state index in [0.29, 0.717) is 40.7 Å². The van der Waals surface area contributed by atoms with E-state index in [1.165, 1.54) is 17.8 Å². The number of fused-ring (bicyclic) bond motifs is 1. The molecule has 13 heteroatoms. The van der Waals surface area contributed by atoms with Gasteiger partial charge < -0.3 is 34.7 Å². The average Bonchev–Trinajstić information content (AvgIpc) is 2.89. The summed E-state index contributed by atoms with van der Waals surface area (Å²) in [6.07, 6.45) is 2.51. The molecule has 0 saturated carbocycles. The van der Waals surface area contributed by atoms with Crippen LogP contribution in [0.15, 0.2) is 29.2 Å². The molecular weight excluding hydrogens is 535 g/mol. The van der Waals surface area contributed by atoms with Gasteiger partial charge in [0.25, 0.3) is 11.5 Å². The van der Waals surface area contributed by atoms with Crippen LogP contribution in [-0.4, -0.2) is 66.5 Å². The molecule has 11 nitrogen and oxygen atoms in total. The number of carbonyl (C=O) groups excluding carboxylic acids is 1. The molecular formula is C25H30Cl2N6O5. The van der Waals surface area contributed by atoms with Gasteiger partial charge in [-0.3, -0.25) is 9.59 Å². The Hall–Kier alpha value is -3.12. The maximum atomic E-state index is 13.0. The summed E-state index contributed by atoms with van der Waals surface area (Å²) in [4.78, 5) is 32.7. The topological polar surface area (TPSA) is 129 Å². The van der Waals surface area contributed by atoms with Gasteiger partial charge in [0, 0.05) is 37.8 Å². The zero-order chi connectivity index (χ0) is 27.2. The van der Waals surface area contributed by atoms with Gasteiger partial charge in [-0.2, -0.15) is 4.98 Å². The Balaban J connectivity index is 1.63. The van der Waals surface area contributed by atoms with Crippen molar-refractivity contribution in [3.8, 4) is 11.5 Å². The maximum Gasteiger partial charge on any atom is 0.293 e. The number of likely N-dealkylation sites (N-methyl/N-ethyl adjacent to an activating group) is 1. The highest BCUT2D eigenvalue weighted by Crippen LogP contribution is 2.33. The molecule has 0 unspecified atom stereocenters. The summed E-state index contributed by atoms with van der Waals surface area (Å²) in [5.41, 5.74) is 0.718. The Kier molecular flexibility index (Phi) is 9.26. The van der Waals surface area contributed by atoms with Crippen LogP contribution in [0, 0.1) is 5.92 Å². The molecule has 3 N–H and O–H groups in total. The first kappa shape index (κ1) is 27.9. The molecule has 1 saturated heterocycles. The van der Waals surface area contributed by atoms with Crippen LogP contribution in [0.5, 0.6) is 11.5 Å². The van der Waals surface area contributed by atoms with Crippen LogP contribution < -0.4 is 31.0 Å². The molecule has 38 heavy (non-hydrogen) atoms. The fourth-order valence-electron chi connectivity index (χ4n) is 4.24. The normalized spacial score (nSPS) is 17.3. The van der Waals surface area contributed by atoms with Crippen molar-refractivity contribution in [1.29, 1.82) is 0 Å². The van der Waals surface area contributed by atoms with Crippen molar-refractivity contribution in [2.45, 2.75) is 19.4 Å². The van der Waals surface area contributed by atoms with Crippen LogP contribution in [0.25, 0.3) is 10.9 Å². The Morgan fingerprint density at radius 3 is 2.76 bits per heavy atom. The smallest absolute Gasteiger partial charge is 0.293 e. The van der Waals surface area contributed by atoms with Gasteiger partial charge in [0.2, 0.25) is 5.28 Å². The predicted molar refractivity (Wildman–Crippen MR) is 146 cm³/mol. The standard InChI is InChI=1S/C25H30Cl2N6O5/c1-14-6-17(11-29-10-14)36-4-5-37-19-9-16(31-23-18(26)12-30-25(27)32-23)7-15-8-20(38-13-21(34)28-2)24(35)33(3)22(15)19/h7-9,12,14,17,29H,4-6,10-11,13H2,1-3H3,(H,28,34)(H,30,31,32)/t14-,17+/m0/s1. The summed E-state index contributed by atoms with van der Waals surface area (Å²) in [5.74, 6) is 0.969. The van der Waals surface area contributed by atoms with Crippen LogP contribution in [0.1, 0.15) is 13.3 Å². The van der Waals surface area contributed by atoms with Gasteiger partial charge in [0.05, 0.1) is 24.4 Å². The van der Waals surface area contributed by atoms with E-state index in [4.69, 9.17) is 37.4 Å². The molecule has 3 aromatic rings. The van der Waals surface area contributed by atoms with Crippen LogP contribution in [0.2, 0.25) is 10.3 Å². The number of anilines is 2. The number of nitrogens with one attached hydrogen (secondary N) is 3. The van der Waals surface area contributed by atoms with Gasteiger partial charge >= 0.3 is 0 Å². The summed E-state index contributed by atoms with van der Waals surface area (Å²) in [7, 11) is 3.11. The number of hydrogen-bond acceptors (Lipinski definition) is 9. The van der Waals surface area contributed by atoms with Crippen molar-refractivity contribution in [3.63, 3.8) is 0 Å². The molecule has 0 aliphatic carbocycles. The summed E-state index contributed by atoms with van der Waals surface area (Å²) < 4.78 is 19.0. The molecule has 204 valence electrons. The van der Waals surface area contributed by atoms with Crippen molar-refractivity contribution in [3.05, 3.63) is 45.1 Å². The number of aromatic nitrogens is 3. The Labute approximate surface area is 229 Å². The highest BCUT2D eigenvalue weighted by Gasteiger charge is 2.19. The highest BCUT2D eigenvalue weighted by molar-refractivity contribution is 6.33. The third kappa shape index (κ3) is 6.84. The van der Waals surface area contributed by atoms with E-state index < -0.39 is 5.56 Å². The number of piperidine rings is 1. The fourth-order valence-corrected chi connectivity index (χ4v) is 4.51. The largest absolute Gasteiger partial charge is 0.489 e. The fraction of sp³-hybridized carbons (Fsp3) is 0.440. The Bertz CT molecular complexity index is 1370. The number of halogens is 2. The SMILES string of the molecule is CNC(=O)COc1cc2cc(Nc3nc(Cl)ncc3Cl)cc(OCCO[C@H]3CNC[C@@H](C)C3)c2n(C)c1=O. The first-order valence-corrected chi connectivity index (χ1v) is 12.9. The first-order chi connectivity index (χ1) is 18.2. The van der Waals surface area contributed by atoms with Gasteiger partial charge in [-0.25, -0.2) is 4.98 Å². The molecule has 1 fully saturated rings. The molecule has 1 aliphatic rings. The predicted octanol–water partition coefficient (Wildman–Crippen LogP) is 2.90. The lowest BCUT2D eigenvalue weighted by Crippen LogP contribution is -2.40. The number of nitrogens with zero attached hydrogens (tertiary/aromatic N) is 3. The highest BCUT2D eigenvalue weighted by atomic mass is 35.5. The number of ether oxygens (including phenoxy) is 3. The molecule has 1 aliphatic heterocycles. The third-order valence-corrected chi connectivity index (χ3v) is 6.54. The molecule has 2 aromatic heterocycles. The summed E-state index contributed by atoms with van der Waals surface area (Å²) in [6.45, 7) is 4.35. The van der Waals surface area contributed by atoms with E-state index in [9.17, 15) is 9.59 Å². The lowest BCUT2D eigenvalue weighted by atomic mass is 10.00. The van der Waals surface area contributed by atoms with Gasteiger partial charge in [-0.1, -0.05) is 18.5 Å². The minimum atomic E-state index is -0.406. The monoisotopic (exact) mass is 564 g/mol. The summed E-state index contributed by atoms with van der Waals surface area (Å²) >= 11 is 12.2. The van der Waals surface area contributed by atoms with Crippen molar-refractivity contribution in [1.82, 2.24) is 25.2 Å². The van der Waals surface area contributed by atoms with Gasteiger partial charge in [-0.15, -0.1) is 0 Å². The second-order valence-corrected chi connectivity index (χ2v) is 9.79. The van der Waals surface area contributed by atoms with Gasteiger partial charge in [-0.05, 0) is 42.6 Å². The molecule has 0 radical (unpaired) electrons. The lowest BCUT2D eigenvalue weighted by molar-refractivity contribution is -0.122. The van der Waals surface area contributed by atoms with E-state index in [1.807, 2.05) is 0 Å². The molecule has 4 rings (SSSR count). The first-order valence-electron chi connectivity index (χ1n) is 12.2. The van der Waals surface area contributed by atoms with Crippen LogP contribution in [-0.2, 0) is 16.6 Å². The van der Waals surface area contributed by atoms with Crippen molar-refractivity contribution in [2.24, 2.45) is 13.0 Å². The number of aryl methyl sites for hydroxylation is 1. The molecule has 0 bridgehead atoms. The second-order valence-electron chi connectivity index (χ2n) is 9.05.